The highest BCUT2D eigenvalue weighted by Crippen LogP contribution is 2.31. The Labute approximate surface area is 195 Å². The van der Waals surface area contributed by atoms with Crippen molar-refractivity contribution >= 4 is 12.6 Å². The van der Waals surface area contributed by atoms with Crippen molar-refractivity contribution in [3.63, 3.8) is 0 Å². The molecule has 168 valence electrons. The molecular formula is C27H30O4S. The summed E-state index contributed by atoms with van der Waals surface area (Å²) < 4.78 is 25.2. The van der Waals surface area contributed by atoms with E-state index in [0.717, 1.165) is 16.7 Å². The highest BCUT2D eigenvalue weighted by molar-refractivity contribution is 7.80. The lowest BCUT2D eigenvalue weighted by atomic mass is 9.99. The van der Waals surface area contributed by atoms with Gasteiger partial charge in [-0.2, -0.15) is 0 Å². The largest absolute Gasteiger partial charge is 0.368 e. The second-order valence-electron chi connectivity index (χ2n) is 8.02. The summed E-state index contributed by atoms with van der Waals surface area (Å²) in [4.78, 5) is 0. The molecule has 0 amide bonds. The molecule has 4 rings (SSSR count). The molecule has 0 radical (unpaired) electrons. The molecule has 4 nitrogen and oxygen atoms in total. The van der Waals surface area contributed by atoms with Crippen molar-refractivity contribution < 1.29 is 18.9 Å². The van der Waals surface area contributed by atoms with Gasteiger partial charge >= 0.3 is 0 Å². The van der Waals surface area contributed by atoms with Gasteiger partial charge in [0.25, 0.3) is 0 Å². The lowest BCUT2D eigenvalue weighted by molar-refractivity contribution is -0.242. The minimum absolute atomic E-state index is 0.182. The smallest absolute Gasteiger partial charge is 0.129 e. The van der Waals surface area contributed by atoms with E-state index in [-0.39, 0.29) is 24.4 Å². The van der Waals surface area contributed by atoms with Crippen LogP contribution in [0.3, 0.4) is 0 Å². The van der Waals surface area contributed by atoms with E-state index in [1.54, 1.807) is 0 Å². The highest BCUT2D eigenvalue weighted by Gasteiger charge is 2.45. The molecule has 1 heterocycles. The van der Waals surface area contributed by atoms with Crippen LogP contribution in [0, 0.1) is 0 Å². The molecule has 1 aliphatic rings. The average molecular weight is 451 g/mol. The molecule has 0 aromatic heterocycles. The van der Waals surface area contributed by atoms with Gasteiger partial charge in [0.15, 0.2) is 0 Å². The molecule has 0 bridgehead atoms. The summed E-state index contributed by atoms with van der Waals surface area (Å²) in [7, 11) is 0. The van der Waals surface area contributed by atoms with Crippen molar-refractivity contribution in [3.8, 4) is 0 Å². The molecule has 5 heteroatoms. The van der Waals surface area contributed by atoms with Gasteiger partial charge in [0, 0.05) is 0 Å². The fourth-order valence-electron chi connectivity index (χ4n) is 3.89. The standard InChI is InChI=1S/C27H30O4S/c1-20-24(28-17-21-11-5-2-6-12-21)25(29-18-22-13-7-3-8-14-22)26(27(32)31-20)30-19-23-15-9-4-10-16-23/h2-16,20,24-27,32H,17-19H2,1H3/t20-,24+,25+,26-,27+/m0/s1. The van der Waals surface area contributed by atoms with Gasteiger partial charge in [-0.15, -0.1) is 12.6 Å². The molecule has 0 aliphatic carbocycles. The molecule has 3 aromatic carbocycles. The summed E-state index contributed by atoms with van der Waals surface area (Å²) in [6.45, 7) is 3.41. The summed E-state index contributed by atoms with van der Waals surface area (Å²) in [5, 5.41) is 0. The fourth-order valence-corrected chi connectivity index (χ4v) is 4.34. The van der Waals surface area contributed by atoms with Crippen molar-refractivity contribution in [1.29, 1.82) is 0 Å². The van der Waals surface area contributed by atoms with E-state index in [4.69, 9.17) is 31.6 Å². The van der Waals surface area contributed by atoms with Crippen molar-refractivity contribution in [3.05, 3.63) is 108 Å². The number of hydrogen-bond donors (Lipinski definition) is 1. The minimum atomic E-state index is -0.411. The van der Waals surface area contributed by atoms with Gasteiger partial charge in [0.1, 0.15) is 23.7 Å². The predicted molar refractivity (Wildman–Crippen MR) is 128 cm³/mol. The van der Waals surface area contributed by atoms with E-state index in [2.05, 4.69) is 24.3 Å². The molecule has 5 atom stereocenters. The summed E-state index contributed by atoms with van der Waals surface area (Å²) in [6, 6.07) is 30.4. The maximum Gasteiger partial charge on any atom is 0.129 e. The van der Waals surface area contributed by atoms with E-state index < -0.39 is 5.44 Å². The fraction of sp³-hybridized carbons (Fsp3) is 0.333. The van der Waals surface area contributed by atoms with Crippen molar-refractivity contribution in [1.82, 2.24) is 0 Å². The monoisotopic (exact) mass is 450 g/mol. The first-order chi connectivity index (χ1) is 15.7. The molecule has 3 aromatic rings. The van der Waals surface area contributed by atoms with Crippen LogP contribution in [0.25, 0.3) is 0 Å². The van der Waals surface area contributed by atoms with Gasteiger partial charge in [-0.25, -0.2) is 0 Å². The molecule has 1 aliphatic heterocycles. The third-order valence-corrected chi connectivity index (χ3v) is 6.02. The normalized spacial score (nSPS) is 25.5. The maximum absolute atomic E-state index is 6.43. The molecule has 0 N–H and O–H groups in total. The third kappa shape index (κ3) is 6.21. The van der Waals surface area contributed by atoms with Crippen LogP contribution in [0.15, 0.2) is 91.0 Å². The predicted octanol–water partition coefficient (Wildman–Crippen LogP) is 5.42. The molecule has 1 fully saturated rings. The zero-order valence-electron chi connectivity index (χ0n) is 18.2. The SMILES string of the molecule is C[C@@H]1O[C@H](S)[C@@H](OCc2ccccc2)[C@H](OCc2ccccc2)[C@@H]1OCc1ccccc1. The van der Waals surface area contributed by atoms with E-state index in [1.807, 2.05) is 73.7 Å². The number of thiol groups is 1. The summed E-state index contributed by atoms with van der Waals surface area (Å²) in [5.41, 5.74) is 2.89. The summed E-state index contributed by atoms with van der Waals surface area (Å²) in [5.74, 6) is 0. The van der Waals surface area contributed by atoms with Crippen LogP contribution in [0.4, 0.5) is 0 Å². The lowest BCUT2D eigenvalue weighted by Crippen LogP contribution is -2.57. The quantitative estimate of drug-likeness (QED) is 0.442. The first-order valence-corrected chi connectivity index (χ1v) is 11.5. The van der Waals surface area contributed by atoms with Crippen molar-refractivity contribution in [2.45, 2.75) is 56.6 Å². The Balaban J connectivity index is 1.50. The zero-order chi connectivity index (χ0) is 22.2. The van der Waals surface area contributed by atoms with Gasteiger partial charge in [0.05, 0.1) is 25.9 Å². The van der Waals surface area contributed by atoms with Crippen molar-refractivity contribution in [2.24, 2.45) is 0 Å². The van der Waals surface area contributed by atoms with Crippen LogP contribution in [-0.4, -0.2) is 29.9 Å². The van der Waals surface area contributed by atoms with E-state index in [0.29, 0.717) is 19.8 Å². The van der Waals surface area contributed by atoms with Crippen LogP contribution >= 0.6 is 12.6 Å². The molecular weight excluding hydrogens is 420 g/mol. The Kier molecular flexibility index (Phi) is 8.37. The van der Waals surface area contributed by atoms with E-state index >= 15 is 0 Å². The molecule has 0 saturated carbocycles. The van der Waals surface area contributed by atoms with Gasteiger partial charge < -0.3 is 18.9 Å². The lowest BCUT2D eigenvalue weighted by Gasteiger charge is -2.44. The maximum atomic E-state index is 6.43. The summed E-state index contributed by atoms with van der Waals surface area (Å²) in [6.07, 6.45) is -1.17. The van der Waals surface area contributed by atoms with Gasteiger partial charge in [-0.1, -0.05) is 91.0 Å². The Bertz CT molecular complexity index is 867. The number of hydrogen-bond acceptors (Lipinski definition) is 5. The number of rotatable bonds is 9. The second-order valence-corrected chi connectivity index (χ2v) is 8.52. The number of benzene rings is 3. The Morgan fingerprint density at radius 3 is 1.41 bits per heavy atom. The second kappa shape index (κ2) is 11.6. The molecule has 0 unspecified atom stereocenters. The highest BCUT2D eigenvalue weighted by atomic mass is 32.1. The zero-order valence-corrected chi connectivity index (χ0v) is 19.1. The Hall–Kier alpha value is -2.15. The Morgan fingerprint density at radius 2 is 0.969 bits per heavy atom. The van der Waals surface area contributed by atoms with E-state index in [1.165, 1.54) is 0 Å². The van der Waals surface area contributed by atoms with Crippen LogP contribution < -0.4 is 0 Å². The van der Waals surface area contributed by atoms with Gasteiger partial charge in [-0.3, -0.25) is 0 Å². The number of ether oxygens (including phenoxy) is 4. The third-order valence-electron chi connectivity index (χ3n) is 5.60. The first-order valence-electron chi connectivity index (χ1n) is 11.0. The van der Waals surface area contributed by atoms with Crippen LogP contribution in [-0.2, 0) is 38.8 Å². The Morgan fingerprint density at radius 1 is 0.594 bits per heavy atom. The minimum Gasteiger partial charge on any atom is -0.368 e. The first kappa shape index (κ1) is 23.0. The average Bonchev–Trinajstić information content (AvgIpc) is 2.83. The van der Waals surface area contributed by atoms with Crippen molar-refractivity contribution in [2.75, 3.05) is 0 Å². The summed E-state index contributed by atoms with van der Waals surface area (Å²) >= 11 is 4.70. The molecule has 32 heavy (non-hydrogen) atoms. The van der Waals surface area contributed by atoms with Gasteiger partial charge in [-0.05, 0) is 23.6 Å². The van der Waals surface area contributed by atoms with Crippen LogP contribution in [0.2, 0.25) is 0 Å². The van der Waals surface area contributed by atoms with E-state index in [9.17, 15) is 0 Å². The van der Waals surface area contributed by atoms with Crippen LogP contribution in [0.5, 0.6) is 0 Å². The topological polar surface area (TPSA) is 36.9 Å². The molecule has 0 spiro atoms. The van der Waals surface area contributed by atoms with Crippen LogP contribution in [0.1, 0.15) is 23.6 Å². The molecule has 1 saturated heterocycles. The van der Waals surface area contributed by atoms with Gasteiger partial charge in [0.2, 0.25) is 0 Å².